The van der Waals surface area contributed by atoms with Gasteiger partial charge in [0.2, 0.25) is 0 Å². The highest BCUT2D eigenvalue weighted by atomic mass is 32.2. The van der Waals surface area contributed by atoms with E-state index in [0.29, 0.717) is 0 Å². The van der Waals surface area contributed by atoms with Crippen LogP contribution in [0.5, 0.6) is 0 Å². The van der Waals surface area contributed by atoms with E-state index in [1.165, 1.54) is 21.2 Å². The Bertz CT molecular complexity index is 560. The maximum absolute atomic E-state index is 2.24. The Hall–Kier alpha value is -1.67. The van der Waals surface area contributed by atoms with Crippen LogP contribution in [0.3, 0.4) is 0 Å². The van der Waals surface area contributed by atoms with Crippen LogP contribution in [0, 0.1) is 0 Å². The van der Waals surface area contributed by atoms with E-state index in [9.17, 15) is 0 Å². The quantitative estimate of drug-likeness (QED) is 0.732. The number of hydrogen-bond donors (Lipinski definition) is 0. The van der Waals surface area contributed by atoms with E-state index in [1.54, 1.807) is 0 Å². The van der Waals surface area contributed by atoms with E-state index in [1.807, 2.05) is 17.8 Å². The Balaban J connectivity index is 1.97. The molecule has 0 N–H and O–H groups in total. The molecule has 0 bridgehead atoms. The lowest BCUT2D eigenvalue weighted by molar-refractivity contribution is 1.18. The number of rotatable bonds is 1. The molecule has 0 aliphatic carbocycles. The van der Waals surface area contributed by atoms with E-state index in [0.717, 1.165) is 0 Å². The van der Waals surface area contributed by atoms with Crippen LogP contribution in [0.15, 0.2) is 64.5 Å². The van der Waals surface area contributed by atoms with Gasteiger partial charge in [0.25, 0.3) is 0 Å². The molecule has 1 aliphatic heterocycles. The molecule has 0 aromatic heterocycles. The summed E-state index contributed by atoms with van der Waals surface area (Å²) in [5, 5.41) is 1.28. The van der Waals surface area contributed by atoms with Crippen molar-refractivity contribution < 1.29 is 0 Å². The summed E-state index contributed by atoms with van der Waals surface area (Å²) >= 11 is 1.83. The van der Waals surface area contributed by atoms with Gasteiger partial charge in [0.05, 0.1) is 10.7 Å². The molecule has 0 saturated heterocycles. The fourth-order valence-corrected chi connectivity index (χ4v) is 3.05. The molecule has 0 spiro atoms. The first-order chi connectivity index (χ1) is 8.34. The zero-order valence-corrected chi connectivity index (χ0v) is 10.4. The summed E-state index contributed by atoms with van der Waals surface area (Å²) in [6, 6.07) is 18.9. The zero-order chi connectivity index (χ0) is 11.7. The molecule has 1 heterocycles. The zero-order valence-electron chi connectivity index (χ0n) is 9.63. The first-order valence-corrected chi connectivity index (χ1v) is 6.43. The van der Waals surface area contributed by atoms with Gasteiger partial charge < -0.3 is 4.90 Å². The molecule has 3 rings (SSSR count). The lowest BCUT2D eigenvalue weighted by Gasteiger charge is -2.13. The second kappa shape index (κ2) is 4.30. The Kier molecular flexibility index (Phi) is 2.65. The molecule has 0 amide bonds. The smallest absolute Gasteiger partial charge is 0.0804 e. The number of fused-ring (bicyclic) bond motifs is 1. The molecule has 0 radical (unpaired) electrons. The van der Waals surface area contributed by atoms with Crippen molar-refractivity contribution in [3.8, 4) is 0 Å². The Morgan fingerprint density at radius 1 is 0.941 bits per heavy atom. The number of thioether (sulfide) groups is 1. The van der Waals surface area contributed by atoms with Crippen molar-refractivity contribution in [2.45, 2.75) is 4.90 Å². The van der Waals surface area contributed by atoms with Gasteiger partial charge in [-0.1, -0.05) is 54.2 Å². The van der Waals surface area contributed by atoms with Gasteiger partial charge in [0.1, 0.15) is 0 Å². The minimum Gasteiger partial charge on any atom is -0.338 e. The summed E-state index contributed by atoms with van der Waals surface area (Å²) in [7, 11) is 2.12. The summed E-state index contributed by atoms with van der Waals surface area (Å²) in [4.78, 5) is 3.57. The van der Waals surface area contributed by atoms with Crippen molar-refractivity contribution in [2.75, 3.05) is 11.9 Å². The number of nitrogens with zero attached hydrogens (tertiary/aromatic N) is 1. The third-order valence-electron chi connectivity index (χ3n) is 2.86. The molecule has 84 valence electrons. The summed E-state index contributed by atoms with van der Waals surface area (Å²) in [5.41, 5.74) is 2.54. The fourth-order valence-electron chi connectivity index (χ4n) is 1.94. The highest BCUT2D eigenvalue weighted by Crippen LogP contribution is 2.45. The maximum atomic E-state index is 2.24. The first-order valence-electron chi connectivity index (χ1n) is 5.62. The highest BCUT2D eigenvalue weighted by molar-refractivity contribution is 8.03. The van der Waals surface area contributed by atoms with Crippen molar-refractivity contribution in [1.82, 2.24) is 0 Å². The fraction of sp³-hybridized carbons (Fsp3) is 0.0667. The van der Waals surface area contributed by atoms with Crippen LogP contribution in [0.2, 0.25) is 0 Å². The van der Waals surface area contributed by atoms with Crippen LogP contribution < -0.4 is 4.90 Å². The van der Waals surface area contributed by atoms with Crippen molar-refractivity contribution in [3.63, 3.8) is 0 Å². The SMILES string of the molecule is CN1/C(=C/c2ccccc2)Sc2ccccc21. The predicted octanol–water partition coefficient (Wildman–Crippen LogP) is 4.23. The first kappa shape index (κ1) is 10.5. The van der Waals surface area contributed by atoms with Crippen LogP contribution in [0.25, 0.3) is 6.08 Å². The average Bonchev–Trinajstić information content (AvgIpc) is 2.68. The Labute approximate surface area is 106 Å². The molecule has 0 saturated carbocycles. The largest absolute Gasteiger partial charge is 0.338 e. The van der Waals surface area contributed by atoms with Crippen LogP contribution in [-0.4, -0.2) is 7.05 Å². The van der Waals surface area contributed by atoms with E-state index in [-0.39, 0.29) is 0 Å². The highest BCUT2D eigenvalue weighted by Gasteiger charge is 2.20. The lowest BCUT2D eigenvalue weighted by atomic mass is 10.2. The maximum Gasteiger partial charge on any atom is 0.0804 e. The summed E-state index contributed by atoms with van der Waals surface area (Å²) in [5.74, 6) is 0. The number of anilines is 1. The molecule has 1 nitrogen and oxygen atoms in total. The van der Waals surface area contributed by atoms with Crippen LogP contribution in [-0.2, 0) is 0 Å². The van der Waals surface area contributed by atoms with Crippen LogP contribution in [0.1, 0.15) is 5.56 Å². The van der Waals surface area contributed by atoms with Gasteiger partial charge in [-0.2, -0.15) is 0 Å². The number of hydrogen-bond acceptors (Lipinski definition) is 2. The van der Waals surface area contributed by atoms with Crippen LogP contribution >= 0.6 is 11.8 Å². The van der Waals surface area contributed by atoms with Gasteiger partial charge in [0.15, 0.2) is 0 Å². The number of para-hydroxylation sites is 1. The third kappa shape index (κ3) is 1.96. The normalized spacial score (nSPS) is 16.3. The van der Waals surface area contributed by atoms with Gasteiger partial charge in [-0.15, -0.1) is 0 Å². The molecular formula is C15H13NS. The second-order valence-corrected chi connectivity index (χ2v) is 5.08. The minimum atomic E-state index is 1.25. The molecule has 0 fully saturated rings. The summed E-state index contributed by atoms with van der Waals surface area (Å²) < 4.78 is 0. The van der Waals surface area contributed by atoms with Gasteiger partial charge in [0, 0.05) is 11.9 Å². The lowest BCUT2D eigenvalue weighted by Crippen LogP contribution is -2.08. The molecular weight excluding hydrogens is 226 g/mol. The molecule has 2 aromatic rings. The second-order valence-electron chi connectivity index (χ2n) is 4.02. The van der Waals surface area contributed by atoms with Crippen molar-refractivity contribution in [1.29, 1.82) is 0 Å². The Morgan fingerprint density at radius 2 is 1.65 bits per heavy atom. The predicted molar refractivity (Wildman–Crippen MR) is 75.1 cm³/mol. The van der Waals surface area contributed by atoms with Gasteiger partial charge in [-0.25, -0.2) is 0 Å². The van der Waals surface area contributed by atoms with Gasteiger partial charge in [-0.05, 0) is 23.8 Å². The molecule has 17 heavy (non-hydrogen) atoms. The van der Waals surface area contributed by atoms with Crippen molar-refractivity contribution >= 4 is 23.5 Å². The standard InChI is InChI=1S/C15H13NS/c1-16-13-9-5-6-10-14(13)17-15(16)11-12-7-3-2-4-8-12/h2-11H,1H3/b15-11-. The van der Waals surface area contributed by atoms with E-state index >= 15 is 0 Å². The molecule has 2 heteroatoms. The van der Waals surface area contributed by atoms with E-state index in [2.05, 4.69) is 66.6 Å². The Morgan fingerprint density at radius 3 is 2.41 bits per heavy atom. The molecule has 0 atom stereocenters. The molecule has 2 aromatic carbocycles. The van der Waals surface area contributed by atoms with Crippen molar-refractivity contribution in [3.05, 3.63) is 65.2 Å². The molecule has 0 unspecified atom stereocenters. The summed E-state index contributed by atoms with van der Waals surface area (Å²) in [6.07, 6.45) is 2.23. The van der Waals surface area contributed by atoms with Crippen molar-refractivity contribution in [2.24, 2.45) is 0 Å². The van der Waals surface area contributed by atoms with Crippen LogP contribution in [0.4, 0.5) is 5.69 Å². The topological polar surface area (TPSA) is 3.24 Å². The minimum absolute atomic E-state index is 1.25. The van der Waals surface area contributed by atoms with Gasteiger partial charge in [-0.3, -0.25) is 0 Å². The van der Waals surface area contributed by atoms with Gasteiger partial charge >= 0.3 is 0 Å². The molecule has 1 aliphatic rings. The van der Waals surface area contributed by atoms with E-state index < -0.39 is 0 Å². The van der Waals surface area contributed by atoms with E-state index in [4.69, 9.17) is 0 Å². The third-order valence-corrected chi connectivity index (χ3v) is 4.03. The number of benzene rings is 2. The monoisotopic (exact) mass is 239 g/mol. The average molecular weight is 239 g/mol. The summed E-state index contributed by atoms with van der Waals surface area (Å²) in [6.45, 7) is 0.